The van der Waals surface area contributed by atoms with Gasteiger partial charge in [-0.3, -0.25) is 4.79 Å². The van der Waals surface area contributed by atoms with Gasteiger partial charge in [-0.2, -0.15) is 0 Å². The Morgan fingerprint density at radius 3 is 2.89 bits per heavy atom. The zero-order valence-electron chi connectivity index (χ0n) is 10.9. The molecule has 4 nitrogen and oxygen atoms in total. The van der Waals surface area contributed by atoms with Crippen LogP contribution < -0.4 is 5.32 Å². The molecule has 0 bridgehead atoms. The maximum atomic E-state index is 13.1. The molecule has 5 heteroatoms. The molecule has 2 rings (SSSR count). The predicted octanol–water partition coefficient (Wildman–Crippen LogP) is 2.08. The number of carbonyl (C=O) groups is 1. The van der Waals surface area contributed by atoms with Gasteiger partial charge in [-0.15, -0.1) is 0 Å². The average molecular weight is 267 g/mol. The van der Waals surface area contributed by atoms with Crippen molar-refractivity contribution in [3.8, 4) is 5.75 Å². The number of methoxy groups -OCH3 is 1. The SMILES string of the molecule is COCCC1(CNC(=O)c2cc(F)ccc2O)CC1. The van der Waals surface area contributed by atoms with Gasteiger partial charge in [0, 0.05) is 20.3 Å². The second-order valence-corrected chi connectivity index (χ2v) is 5.09. The van der Waals surface area contributed by atoms with E-state index >= 15 is 0 Å². The number of hydrogen-bond donors (Lipinski definition) is 2. The summed E-state index contributed by atoms with van der Waals surface area (Å²) in [7, 11) is 1.65. The standard InChI is InChI=1S/C14H18FNO3/c1-19-7-6-14(4-5-14)9-16-13(18)11-8-10(15)2-3-12(11)17/h2-3,8,17H,4-7,9H2,1H3,(H,16,18). The first-order valence-corrected chi connectivity index (χ1v) is 6.32. The van der Waals surface area contributed by atoms with Crippen molar-refractivity contribution < 1.29 is 19.0 Å². The minimum absolute atomic E-state index is 0.0254. The van der Waals surface area contributed by atoms with Crippen molar-refractivity contribution in [3.63, 3.8) is 0 Å². The molecule has 104 valence electrons. The van der Waals surface area contributed by atoms with Crippen LogP contribution in [-0.4, -0.2) is 31.3 Å². The third-order valence-corrected chi connectivity index (χ3v) is 3.62. The van der Waals surface area contributed by atoms with E-state index in [-0.39, 0.29) is 16.7 Å². The number of phenols is 1. The first-order chi connectivity index (χ1) is 9.06. The smallest absolute Gasteiger partial charge is 0.255 e. The number of benzene rings is 1. The van der Waals surface area contributed by atoms with Crippen LogP contribution in [0, 0.1) is 11.2 Å². The highest BCUT2D eigenvalue weighted by molar-refractivity contribution is 5.96. The quantitative estimate of drug-likeness (QED) is 0.829. The molecule has 2 N–H and O–H groups in total. The number of aromatic hydroxyl groups is 1. The second kappa shape index (κ2) is 5.57. The van der Waals surface area contributed by atoms with Gasteiger partial charge >= 0.3 is 0 Å². The predicted molar refractivity (Wildman–Crippen MR) is 68.6 cm³/mol. The molecule has 1 fully saturated rings. The number of hydrogen-bond acceptors (Lipinski definition) is 3. The maximum absolute atomic E-state index is 13.1. The number of nitrogens with one attached hydrogen (secondary N) is 1. The summed E-state index contributed by atoms with van der Waals surface area (Å²) in [4.78, 5) is 11.9. The van der Waals surface area contributed by atoms with Crippen molar-refractivity contribution >= 4 is 5.91 Å². The Hall–Kier alpha value is -1.62. The molecular weight excluding hydrogens is 249 g/mol. The van der Waals surface area contributed by atoms with Gasteiger partial charge in [-0.25, -0.2) is 4.39 Å². The Labute approximate surface area is 111 Å². The number of ether oxygens (including phenoxy) is 1. The van der Waals surface area contributed by atoms with Crippen molar-refractivity contribution in [2.45, 2.75) is 19.3 Å². The van der Waals surface area contributed by atoms with E-state index in [9.17, 15) is 14.3 Å². The highest BCUT2D eigenvalue weighted by atomic mass is 19.1. The fourth-order valence-electron chi connectivity index (χ4n) is 2.06. The Morgan fingerprint density at radius 2 is 2.26 bits per heavy atom. The Morgan fingerprint density at radius 1 is 1.53 bits per heavy atom. The molecule has 19 heavy (non-hydrogen) atoms. The van der Waals surface area contributed by atoms with Crippen LogP contribution in [0.3, 0.4) is 0 Å². The summed E-state index contributed by atoms with van der Waals surface area (Å²) in [6.07, 6.45) is 3.02. The molecule has 0 saturated heterocycles. The second-order valence-electron chi connectivity index (χ2n) is 5.09. The molecule has 1 saturated carbocycles. The lowest BCUT2D eigenvalue weighted by Gasteiger charge is -2.15. The van der Waals surface area contributed by atoms with Gasteiger partial charge in [0.2, 0.25) is 0 Å². The Kier molecular flexibility index (Phi) is 4.04. The number of halogens is 1. The zero-order chi connectivity index (χ0) is 13.9. The number of phenolic OH excluding ortho intramolecular Hbond substituents is 1. The minimum Gasteiger partial charge on any atom is -0.507 e. The van der Waals surface area contributed by atoms with Crippen molar-refractivity contribution in [2.24, 2.45) is 5.41 Å². The lowest BCUT2D eigenvalue weighted by molar-refractivity contribution is 0.0935. The summed E-state index contributed by atoms with van der Waals surface area (Å²) in [5, 5.41) is 12.3. The van der Waals surface area contributed by atoms with E-state index in [1.807, 2.05) is 0 Å². The molecule has 1 amide bonds. The van der Waals surface area contributed by atoms with Crippen LogP contribution in [-0.2, 0) is 4.74 Å². The van der Waals surface area contributed by atoms with Crippen molar-refractivity contribution in [1.29, 1.82) is 0 Å². The third-order valence-electron chi connectivity index (χ3n) is 3.62. The Balaban J connectivity index is 1.93. The highest BCUT2D eigenvalue weighted by Crippen LogP contribution is 2.48. The van der Waals surface area contributed by atoms with Gasteiger partial charge in [0.05, 0.1) is 5.56 Å². The van der Waals surface area contributed by atoms with E-state index < -0.39 is 11.7 Å². The molecule has 0 spiro atoms. The van der Waals surface area contributed by atoms with E-state index in [4.69, 9.17) is 4.74 Å². The fraction of sp³-hybridized carbons (Fsp3) is 0.500. The molecule has 0 aliphatic heterocycles. The minimum atomic E-state index is -0.538. The summed E-state index contributed by atoms with van der Waals surface area (Å²) >= 11 is 0. The highest BCUT2D eigenvalue weighted by Gasteiger charge is 2.42. The largest absolute Gasteiger partial charge is 0.507 e. The van der Waals surface area contributed by atoms with E-state index in [1.54, 1.807) is 7.11 Å². The molecule has 0 aromatic heterocycles. The lowest BCUT2D eigenvalue weighted by Crippen LogP contribution is -2.30. The van der Waals surface area contributed by atoms with Gasteiger partial charge in [-0.05, 0) is 42.9 Å². The van der Waals surface area contributed by atoms with Crippen LogP contribution in [0.4, 0.5) is 4.39 Å². The fourth-order valence-corrected chi connectivity index (χ4v) is 2.06. The maximum Gasteiger partial charge on any atom is 0.255 e. The zero-order valence-corrected chi connectivity index (χ0v) is 10.9. The van der Waals surface area contributed by atoms with Gasteiger partial charge in [0.25, 0.3) is 5.91 Å². The number of amides is 1. The summed E-state index contributed by atoms with van der Waals surface area (Å²) in [5.74, 6) is -1.19. The van der Waals surface area contributed by atoms with Crippen LogP contribution in [0.5, 0.6) is 5.75 Å². The molecule has 0 heterocycles. The van der Waals surface area contributed by atoms with Crippen LogP contribution in [0.15, 0.2) is 18.2 Å². The molecule has 1 aliphatic carbocycles. The molecule has 0 atom stereocenters. The van der Waals surface area contributed by atoms with Crippen LogP contribution in [0.25, 0.3) is 0 Å². The van der Waals surface area contributed by atoms with Gasteiger partial charge in [-0.1, -0.05) is 0 Å². The molecular formula is C14H18FNO3. The van der Waals surface area contributed by atoms with Crippen molar-refractivity contribution in [3.05, 3.63) is 29.6 Å². The van der Waals surface area contributed by atoms with E-state index in [0.29, 0.717) is 13.2 Å². The monoisotopic (exact) mass is 267 g/mol. The van der Waals surface area contributed by atoms with Crippen LogP contribution in [0.1, 0.15) is 29.6 Å². The summed E-state index contributed by atoms with van der Waals surface area (Å²) < 4.78 is 18.1. The Bertz CT molecular complexity index is 472. The number of rotatable bonds is 6. The lowest BCUT2D eigenvalue weighted by atomic mass is 10.0. The van der Waals surface area contributed by atoms with Gasteiger partial charge in [0.15, 0.2) is 0 Å². The van der Waals surface area contributed by atoms with Crippen LogP contribution in [0.2, 0.25) is 0 Å². The van der Waals surface area contributed by atoms with Gasteiger partial charge < -0.3 is 15.2 Å². The van der Waals surface area contributed by atoms with E-state index in [1.165, 1.54) is 6.07 Å². The van der Waals surface area contributed by atoms with Gasteiger partial charge in [0.1, 0.15) is 11.6 Å². The summed E-state index contributed by atoms with van der Waals surface area (Å²) in [6, 6.07) is 3.34. The van der Waals surface area contributed by atoms with E-state index in [2.05, 4.69) is 5.32 Å². The summed E-state index contributed by atoms with van der Waals surface area (Å²) in [5.41, 5.74) is 0.0942. The van der Waals surface area contributed by atoms with E-state index in [0.717, 1.165) is 31.4 Å². The molecule has 1 aromatic carbocycles. The van der Waals surface area contributed by atoms with Crippen molar-refractivity contribution in [2.75, 3.05) is 20.3 Å². The summed E-state index contributed by atoms with van der Waals surface area (Å²) in [6.45, 7) is 1.20. The topological polar surface area (TPSA) is 58.6 Å². The van der Waals surface area contributed by atoms with Crippen molar-refractivity contribution in [1.82, 2.24) is 5.32 Å². The molecule has 0 unspecified atom stereocenters. The molecule has 0 radical (unpaired) electrons. The molecule has 1 aliphatic rings. The normalized spacial score (nSPS) is 16.1. The molecule has 1 aromatic rings. The number of carbonyl (C=O) groups excluding carboxylic acids is 1. The van der Waals surface area contributed by atoms with Crippen LogP contribution >= 0.6 is 0 Å². The first kappa shape index (κ1) is 13.8. The first-order valence-electron chi connectivity index (χ1n) is 6.32. The average Bonchev–Trinajstić information content (AvgIpc) is 3.17. The third kappa shape index (κ3) is 3.44.